The van der Waals surface area contributed by atoms with Gasteiger partial charge in [-0.05, 0) is 31.4 Å². The standard InChI is InChI=1S/C9H7NO.C6H10O2/c11-8-5-1-3-7-4-2-6-10-9(7)8;7-6-4-2-1-3-5-8-6/h1-6,11H;1-5H2. The van der Waals surface area contributed by atoms with Crippen molar-refractivity contribution >= 4 is 16.9 Å². The Morgan fingerprint density at radius 2 is 1.95 bits per heavy atom. The first-order chi connectivity index (χ1) is 9.27. The minimum absolute atomic E-state index is 0.0255. The van der Waals surface area contributed by atoms with Crippen molar-refractivity contribution in [1.29, 1.82) is 0 Å². The number of carbonyl (C=O) groups is 1. The minimum Gasteiger partial charge on any atom is -0.506 e. The summed E-state index contributed by atoms with van der Waals surface area (Å²) in [6.45, 7) is 0.638. The summed E-state index contributed by atoms with van der Waals surface area (Å²) in [5, 5.41) is 10.3. The predicted molar refractivity (Wildman–Crippen MR) is 72.8 cm³/mol. The van der Waals surface area contributed by atoms with Gasteiger partial charge in [-0.25, -0.2) is 0 Å². The molecule has 1 saturated heterocycles. The average molecular weight is 259 g/mol. The fraction of sp³-hybridized carbons (Fsp3) is 0.333. The lowest BCUT2D eigenvalue weighted by atomic mass is 10.2. The van der Waals surface area contributed by atoms with Crippen molar-refractivity contribution in [1.82, 2.24) is 4.98 Å². The molecule has 0 saturated carbocycles. The first-order valence-corrected chi connectivity index (χ1v) is 6.46. The molecular weight excluding hydrogens is 242 g/mol. The smallest absolute Gasteiger partial charge is 0.305 e. The molecular formula is C15H17NO3. The van der Waals surface area contributed by atoms with E-state index < -0.39 is 0 Å². The fourth-order valence-corrected chi connectivity index (χ4v) is 1.89. The van der Waals surface area contributed by atoms with Crippen LogP contribution < -0.4 is 0 Å². The van der Waals surface area contributed by atoms with Crippen LogP contribution in [0.15, 0.2) is 36.5 Å². The van der Waals surface area contributed by atoms with Crippen LogP contribution in [0.5, 0.6) is 5.75 Å². The number of aromatic nitrogens is 1. The van der Waals surface area contributed by atoms with E-state index in [0.29, 0.717) is 18.5 Å². The van der Waals surface area contributed by atoms with E-state index in [9.17, 15) is 9.90 Å². The molecule has 3 rings (SSSR count). The summed E-state index contributed by atoms with van der Waals surface area (Å²) < 4.78 is 4.76. The zero-order chi connectivity index (χ0) is 13.5. The van der Waals surface area contributed by atoms with Gasteiger partial charge in [0.2, 0.25) is 0 Å². The number of para-hydroxylation sites is 1. The number of phenols is 1. The maximum absolute atomic E-state index is 10.5. The molecule has 1 fully saturated rings. The molecule has 1 aromatic carbocycles. The van der Waals surface area contributed by atoms with Crippen LogP contribution in [0.25, 0.3) is 10.9 Å². The Morgan fingerprint density at radius 1 is 1.11 bits per heavy atom. The molecule has 0 spiro atoms. The molecule has 1 aromatic heterocycles. The van der Waals surface area contributed by atoms with Gasteiger partial charge in [-0.3, -0.25) is 9.78 Å². The van der Waals surface area contributed by atoms with E-state index in [1.807, 2.05) is 18.2 Å². The molecule has 100 valence electrons. The predicted octanol–water partition coefficient (Wildman–Crippen LogP) is 3.04. The molecule has 0 bridgehead atoms. The van der Waals surface area contributed by atoms with Gasteiger partial charge in [-0.2, -0.15) is 0 Å². The third kappa shape index (κ3) is 3.95. The highest BCUT2D eigenvalue weighted by Crippen LogP contribution is 2.20. The zero-order valence-corrected chi connectivity index (χ0v) is 10.7. The number of hydrogen-bond acceptors (Lipinski definition) is 4. The molecule has 2 aromatic rings. The quantitative estimate of drug-likeness (QED) is 0.739. The van der Waals surface area contributed by atoms with Crippen LogP contribution in [0.4, 0.5) is 0 Å². The third-order valence-electron chi connectivity index (χ3n) is 2.90. The summed E-state index contributed by atoms with van der Waals surface area (Å²) in [4.78, 5) is 14.5. The summed E-state index contributed by atoms with van der Waals surface area (Å²) in [5.41, 5.74) is 0.662. The van der Waals surface area contributed by atoms with Crippen LogP contribution >= 0.6 is 0 Å². The highest BCUT2D eigenvalue weighted by molar-refractivity contribution is 5.83. The normalized spacial score (nSPS) is 15.1. The summed E-state index contributed by atoms with van der Waals surface area (Å²) in [5.74, 6) is 0.214. The number of nitrogens with zero attached hydrogens (tertiary/aromatic N) is 1. The van der Waals surface area contributed by atoms with E-state index in [-0.39, 0.29) is 11.7 Å². The first-order valence-electron chi connectivity index (χ1n) is 6.46. The maximum atomic E-state index is 10.5. The van der Waals surface area contributed by atoms with Crippen molar-refractivity contribution < 1.29 is 14.6 Å². The monoisotopic (exact) mass is 259 g/mol. The van der Waals surface area contributed by atoms with Gasteiger partial charge >= 0.3 is 5.97 Å². The number of aromatic hydroxyl groups is 1. The number of carbonyl (C=O) groups excluding carboxylic acids is 1. The van der Waals surface area contributed by atoms with Crippen LogP contribution in [0, 0.1) is 0 Å². The topological polar surface area (TPSA) is 59.4 Å². The largest absolute Gasteiger partial charge is 0.506 e. The first kappa shape index (κ1) is 13.3. The zero-order valence-electron chi connectivity index (χ0n) is 10.7. The number of cyclic esters (lactones) is 1. The highest BCUT2D eigenvalue weighted by Gasteiger charge is 2.05. The van der Waals surface area contributed by atoms with Crippen LogP contribution in [0.3, 0.4) is 0 Å². The highest BCUT2D eigenvalue weighted by atomic mass is 16.5. The van der Waals surface area contributed by atoms with Crippen LogP contribution in [-0.4, -0.2) is 22.7 Å². The second-order valence-corrected chi connectivity index (χ2v) is 4.38. The second-order valence-electron chi connectivity index (χ2n) is 4.38. The Labute approximate surface area is 112 Å². The molecule has 1 aliphatic heterocycles. The number of hydrogen-bond donors (Lipinski definition) is 1. The lowest BCUT2D eigenvalue weighted by Gasteiger charge is -1.96. The van der Waals surface area contributed by atoms with E-state index in [0.717, 1.165) is 24.6 Å². The number of esters is 1. The van der Waals surface area contributed by atoms with Crippen molar-refractivity contribution in [3.63, 3.8) is 0 Å². The van der Waals surface area contributed by atoms with Gasteiger partial charge in [0, 0.05) is 18.0 Å². The number of benzene rings is 1. The Kier molecular flexibility index (Phi) is 4.72. The van der Waals surface area contributed by atoms with Crippen molar-refractivity contribution in [2.75, 3.05) is 6.61 Å². The lowest BCUT2D eigenvalue weighted by molar-refractivity contribution is -0.142. The van der Waals surface area contributed by atoms with Gasteiger partial charge < -0.3 is 9.84 Å². The number of fused-ring (bicyclic) bond motifs is 1. The van der Waals surface area contributed by atoms with Crippen molar-refractivity contribution in [3.8, 4) is 5.75 Å². The Bertz CT molecular complexity index is 539. The molecule has 2 heterocycles. The lowest BCUT2D eigenvalue weighted by Crippen LogP contribution is -2.00. The van der Waals surface area contributed by atoms with E-state index in [1.54, 1.807) is 18.3 Å². The average Bonchev–Trinajstić information content (AvgIpc) is 2.68. The van der Waals surface area contributed by atoms with Crippen LogP contribution in [-0.2, 0) is 9.53 Å². The molecule has 0 aliphatic carbocycles. The Balaban J connectivity index is 0.000000148. The maximum Gasteiger partial charge on any atom is 0.305 e. The molecule has 19 heavy (non-hydrogen) atoms. The van der Waals surface area contributed by atoms with Gasteiger partial charge in [-0.15, -0.1) is 0 Å². The fourth-order valence-electron chi connectivity index (χ4n) is 1.89. The van der Waals surface area contributed by atoms with Crippen molar-refractivity contribution in [3.05, 3.63) is 36.5 Å². The van der Waals surface area contributed by atoms with Gasteiger partial charge in [0.1, 0.15) is 11.3 Å². The molecule has 0 amide bonds. The molecule has 0 unspecified atom stereocenters. The molecule has 4 nitrogen and oxygen atoms in total. The summed E-state index contributed by atoms with van der Waals surface area (Å²) in [7, 11) is 0. The number of rotatable bonds is 0. The third-order valence-corrected chi connectivity index (χ3v) is 2.90. The van der Waals surface area contributed by atoms with Crippen molar-refractivity contribution in [2.24, 2.45) is 0 Å². The molecule has 4 heteroatoms. The van der Waals surface area contributed by atoms with E-state index in [2.05, 4.69) is 4.98 Å². The molecule has 1 aliphatic rings. The SMILES string of the molecule is O=C1CCCCCO1.Oc1cccc2cccnc12. The van der Waals surface area contributed by atoms with Crippen LogP contribution in [0.2, 0.25) is 0 Å². The van der Waals surface area contributed by atoms with Gasteiger partial charge in [0.15, 0.2) is 0 Å². The summed E-state index contributed by atoms with van der Waals surface area (Å²) in [6, 6.07) is 9.13. The molecule has 0 radical (unpaired) electrons. The summed E-state index contributed by atoms with van der Waals surface area (Å²) >= 11 is 0. The van der Waals surface area contributed by atoms with Gasteiger partial charge in [0.05, 0.1) is 6.61 Å². The Morgan fingerprint density at radius 3 is 2.79 bits per heavy atom. The van der Waals surface area contributed by atoms with E-state index in [4.69, 9.17) is 4.74 Å². The molecule has 1 N–H and O–H groups in total. The van der Waals surface area contributed by atoms with Gasteiger partial charge in [0.25, 0.3) is 0 Å². The number of ether oxygens (including phenoxy) is 1. The van der Waals surface area contributed by atoms with Gasteiger partial charge in [-0.1, -0.05) is 18.2 Å². The summed E-state index contributed by atoms with van der Waals surface area (Å²) in [6.07, 6.45) is 5.50. The second kappa shape index (κ2) is 6.73. The Hall–Kier alpha value is -2.10. The van der Waals surface area contributed by atoms with E-state index >= 15 is 0 Å². The van der Waals surface area contributed by atoms with Crippen molar-refractivity contribution in [2.45, 2.75) is 25.7 Å². The minimum atomic E-state index is -0.0255. The number of pyridine rings is 1. The number of phenolic OH excluding ortho intramolecular Hbond substituents is 1. The molecule has 0 atom stereocenters. The van der Waals surface area contributed by atoms with Crippen LogP contribution in [0.1, 0.15) is 25.7 Å². The van der Waals surface area contributed by atoms with E-state index in [1.165, 1.54) is 0 Å².